The van der Waals surface area contributed by atoms with E-state index < -0.39 is 0 Å². The first-order chi connectivity index (χ1) is 14.1. The Morgan fingerprint density at radius 2 is 2.14 bits per heavy atom. The molecule has 2 aromatic rings. The molecule has 0 unspecified atom stereocenters. The molecule has 2 aliphatic heterocycles. The first kappa shape index (κ1) is 18.7. The topological polar surface area (TPSA) is 75.4 Å². The van der Waals surface area contributed by atoms with Gasteiger partial charge in [-0.05, 0) is 38.6 Å². The fraction of sp³-hybridized carbons (Fsp3) is 0.636. The molecule has 0 bridgehead atoms. The minimum atomic E-state index is 0.00776. The fourth-order valence-electron chi connectivity index (χ4n) is 4.94. The molecule has 5 rings (SSSR count). The highest BCUT2D eigenvalue weighted by molar-refractivity contribution is 5.94. The van der Waals surface area contributed by atoms with E-state index in [4.69, 9.17) is 9.51 Å². The van der Waals surface area contributed by atoms with E-state index in [1.54, 1.807) is 0 Å². The molecule has 2 aromatic heterocycles. The van der Waals surface area contributed by atoms with E-state index >= 15 is 0 Å². The van der Waals surface area contributed by atoms with Crippen LogP contribution in [-0.4, -0.2) is 57.5 Å². The maximum Gasteiger partial charge on any atom is 0.276 e. The van der Waals surface area contributed by atoms with Crippen LogP contribution < -0.4 is 0 Å². The number of nitrogens with zero attached hydrogens (tertiary/aromatic N) is 5. The van der Waals surface area contributed by atoms with Crippen molar-refractivity contribution in [1.82, 2.24) is 24.9 Å². The minimum absolute atomic E-state index is 0.00776. The van der Waals surface area contributed by atoms with E-state index in [1.807, 2.05) is 11.1 Å². The lowest BCUT2D eigenvalue weighted by Gasteiger charge is -2.32. The van der Waals surface area contributed by atoms with Crippen LogP contribution in [-0.2, 0) is 25.8 Å². The van der Waals surface area contributed by atoms with Crippen molar-refractivity contribution < 1.29 is 9.32 Å². The van der Waals surface area contributed by atoms with Gasteiger partial charge in [-0.2, -0.15) is 0 Å². The SMILES string of the molecule is C[C@H]1CCc2onc(C(=O)N3CCC[C@H](c4ncc5c(n4)CCN(C)C5)C3)c2C1. The van der Waals surface area contributed by atoms with Crippen LogP contribution >= 0.6 is 0 Å². The van der Waals surface area contributed by atoms with E-state index in [9.17, 15) is 4.79 Å². The molecule has 1 saturated heterocycles. The van der Waals surface area contributed by atoms with Gasteiger partial charge in [0.2, 0.25) is 0 Å². The molecule has 0 aromatic carbocycles. The van der Waals surface area contributed by atoms with Gasteiger partial charge in [-0.15, -0.1) is 0 Å². The summed E-state index contributed by atoms with van der Waals surface area (Å²) in [4.78, 5) is 27.0. The number of hydrogen-bond donors (Lipinski definition) is 0. The maximum atomic E-state index is 13.2. The van der Waals surface area contributed by atoms with Gasteiger partial charge >= 0.3 is 0 Å². The van der Waals surface area contributed by atoms with Crippen LogP contribution in [0.1, 0.15) is 71.0 Å². The van der Waals surface area contributed by atoms with Crippen molar-refractivity contribution >= 4 is 5.91 Å². The Morgan fingerprint density at radius 3 is 3.03 bits per heavy atom. The lowest BCUT2D eigenvalue weighted by atomic mass is 9.88. The van der Waals surface area contributed by atoms with Crippen molar-refractivity contribution in [3.8, 4) is 0 Å². The number of amides is 1. The molecular formula is C22H29N5O2. The second-order valence-corrected chi connectivity index (χ2v) is 9.06. The number of likely N-dealkylation sites (tertiary alicyclic amines) is 1. The zero-order valence-corrected chi connectivity index (χ0v) is 17.4. The normalized spacial score (nSPS) is 24.8. The summed E-state index contributed by atoms with van der Waals surface area (Å²) < 4.78 is 5.50. The number of likely N-dealkylation sites (N-methyl/N-ethyl adjacent to an activating group) is 1. The third-order valence-electron chi connectivity index (χ3n) is 6.71. The van der Waals surface area contributed by atoms with E-state index in [-0.39, 0.29) is 11.8 Å². The van der Waals surface area contributed by atoms with Crippen molar-refractivity contribution in [3.63, 3.8) is 0 Å². The van der Waals surface area contributed by atoms with Gasteiger partial charge < -0.3 is 14.3 Å². The van der Waals surface area contributed by atoms with Crippen molar-refractivity contribution in [3.05, 3.63) is 40.3 Å². The highest BCUT2D eigenvalue weighted by Gasteiger charge is 2.33. The summed E-state index contributed by atoms with van der Waals surface area (Å²) in [5.74, 6) is 2.57. The highest BCUT2D eigenvalue weighted by Crippen LogP contribution is 2.31. The summed E-state index contributed by atoms with van der Waals surface area (Å²) in [5.41, 5.74) is 3.97. The lowest BCUT2D eigenvalue weighted by Crippen LogP contribution is -2.40. The zero-order valence-electron chi connectivity index (χ0n) is 17.4. The number of piperidine rings is 1. The molecule has 154 valence electrons. The molecule has 1 fully saturated rings. The van der Waals surface area contributed by atoms with Crippen molar-refractivity contribution in [1.29, 1.82) is 0 Å². The van der Waals surface area contributed by atoms with Gasteiger partial charge in [0.05, 0.1) is 0 Å². The Hall–Kier alpha value is -2.28. The van der Waals surface area contributed by atoms with E-state index in [0.717, 1.165) is 75.3 Å². The molecule has 29 heavy (non-hydrogen) atoms. The van der Waals surface area contributed by atoms with Crippen LogP contribution in [0.25, 0.3) is 0 Å². The molecule has 0 radical (unpaired) electrons. The zero-order chi connectivity index (χ0) is 20.0. The number of carbonyl (C=O) groups excluding carboxylic acids is 1. The first-order valence-corrected chi connectivity index (χ1v) is 10.9. The smallest absolute Gasteiger partial charge is 0.276 e. The van der Waals surface area contributed by atoms with Gasteiger partial charge in [0, 0.05) is 68.0 Å². The van der Waals surface area contributed by atoms with Gasteiger partial charge in [0.1, 0.15) is 11.6 Å². The van der Waals surface area contributed by atoms with E-state index in [0.29, 0.717) is 18.2 Å². The molecule has 3 aliphatic rings. The number of aromatic nitrogens is 3. The second-order valence-electron chi connectivity index (χ2n) is 9.06. The van der Waals surface area contributed by atoms with Crippen molar-refractivity contribution in [2.24, 2.45) is 5.92 Å². The third kappa shape index (κ3) is 3.56. The predicted octanol–water partition coefficient (Wildman–Crippen LogP) is 2.60. The second kappa shape index (κ2) is 7.52. The molecule has 0 spiro atoms. The summed E-state index contributed by atoms with van der Waals surface area (Å²) in [6, 6.07) is 0. The third-order valence-corrected chi connectivity index (χ3v) is 6.71. The quantitative estimate of drug-likeness (QED) is 0.778. The minimum Gasteiger partial charge on any atom is -0.360 e. The molecule has 1 aliphatic carbocycles. The molecule has 7 nitrogen and oxygen atoms in total. The number of aryl methyl sites for hydroxylation is 1. The Morgan fingerprint density at radius 1 is 1.24 bits per heavy atom. The van der Waals surface area contributed by atoms with Crippen LogP contribution in [0.15, 0.2) is 10.7 Å². The molecular weight excluding hydrogens is 366 g/mol. The largest absolute Gasteiger partial charge is 0.360 e. The number of carbonyl (C=O) groups is 1. The van der Waals surface area contributed by atoms with E-state index in [1.165, 1.54) is 11.3 Å². The van der Waals surface area contributed by atoms with Gasteiger partial charge in [-0.1, -0.05) is 12.1 Å². The average molecular weight is 396 g/mol. The Labute approximate surface area is 171 Å². The van der Waals surface area contributed by atoms with Crippen LogP contribution in [0, 0.1) is 5.92 Å². The maximum absolute atomic E-state index is 13.2. The summed E-state index contributed by atoms with van der Waals surface area (Å²) in [6.07, 6.45) is 7.83. The summed E-state index contributed by atoms with van der Waals surface area (Å²) in [6.45, 7) is 5.61. The van der Waals surface area contributed by atoms with Crippen LogP contribution in [0.2, 0.25) is 0 Å². The highest BCUT2D eigenvalue weighted by atomic mass is 16.5. The monoisotopic (exact) mass is 395 g/mol. The summed E-state index contributed by atoms with van der Waals surface area (Å²) in [5, 5.41) is 4.17. The predicted molar refractivity (Wildman–Crippen MR) is 108 cm³/mol. The Balaban J connectivity index is 1.34. The van der Waals surface area contributed by atoms with Gasteiger partial charge in [0.15, 0.2) is 5.69 Å². The van der Waals surface area contributed by atoms with Crippen molar-refractivity contribution in [2.45, 2.75) is 57.9 Å². The Kier molecular flexibility index (Phi) is 4.86. The van der Waals surface area contributed by atoms with Gasteiger partial charge in [-0.3, -0.25) is 4.79 Å². The molecule has 1 amide bonds. The van der Waals surface area contributed by atoms with Crippen LogP contribution in [0.3, 0.4) is 0 Å². The molecule has 4 heterocycles. The molecule has 0 N–H and O–H groups in total. The van der Waals surface area contributed by atoms with E-state index in [2.05, 4.69) is 29.0 Å². The molecule has 2 atom stereocenters. The van der Waals surface area contributed by atoms with Gasteiger partial charge in [0.25, 0.3) is 5.91 Å². The van der Waals surface area contributed by atoms with Gasteiger partial charge in [-0.25, -0.2) is 9.97 Å². The van der Waals surface area contributed by atoms with Crippen LogP contribution in [0.4, 0.5) is 0 Å². The Bertz CT molecular complexity index is 924. The molecule has 0 saturated carbocycles. The first-order valence-electron chi connectivity index (χ1n) is 10.9. The summed E-state index contributed by atoms with van der Waals surface area (Å²) >= 11 is 0. The van der Waals surface area contributed by atoms with Crippen LogP contribution in [0.5, 0.6) is 0 Å². The standard InChI is InChI=1S/C22H29N5O2/c1-14-5-6-19-17(10-14)20(25-29-19)22(28)27-8-3-4-15(13-27)21-23-11-16-12-26(2)9-7-18(16)24-21/h11,14-15H,3-10,12-13H2,1-2H3/t14-,15-/m0/s1. The number of hydrogen-bond acceptors (Lipinski definition) is 6. The number of rotatable bonds is 2. The average Bonchev–Trinajstić information content (AvgIpc) is 3.16. The lowest BCUT2D eigenvalue weighted by molar-refractivity contribution is 0.0692. The number of fused-ring (bicyclic) bond motifs is 2. The molecule has 7 heteroatoms. The fourth-order valence-corrected chi connectivity index (χ4v) is 4.94. The van der Waals surface area contributed by atoms with Crippen molar-refractivity contribution in [2.75, 3.05) is 26.7 Å². The summed E-state index contributed by atoms with van der Waals surface area (Å²) in [7, 11) is 2.13.